The molecule has 0 aliphatic rings. The first kappa shape index (κ1) is 13.0. The second-order valence-electron chi connectivity index (χ2n) is 3.93. The Hall–Kier alpha value is -1.49. The molecule has 1 aromatic heterocycles. The highest BCUT2D eigenvalue weighted by molar-refractivity contribution is 9.10. The first-order chi connectivity index (χ1) is 8.61. The van der Waals surface area contributed by atoms with Crippen molar-refractivity contribution in [3.63, 3.8) is 0 Å². The summed E-state index contributed by atoms with van der Waals surface area (Å²) in [6.07, 6.45) is 0. The summed E-state index contributed by atoms with van der Waals surface area (Å²) in [5.41, 5.74) is 1.98. The van der Waals surface area contributed by atoms with Crippen molar-refractivity contribution in [2.75, 3.05) is 7.11 Å². The number of rotatable bonds is 4. The first-order valence-electron chi connectivity index (χ1n) is 5.56. The van der Waals surface area contributed by atoms with E-state index in [1.54, 1.807) is 7.11 Å². The largest absolute Gasteiger partial charge is 0.497 e. The smallest absolute Gasteiger partial charge is 0.131 e. The van der Waals surface area contributed by atoms with Gasteiger partial charge >= 0.3 is 0 Å². The highest BCUT2D eigenvalue weighted by Crippen LogP contribution is 2.23. The quantitative estimate of drug-likeness (QED) is 0.870. The molecule has 0 atom stereocenters. The van der Waals surface area contributed by atoms with Crippen LogP contribution in [0.1, 0.15) is 11.4 Å². The molecule has 2 rings (SSSR count). The summed E-state index contributed by atoms with van der Waals surface area (Å²) < 4.78 is 13.6. The Morgan fingerprint density at radius 2 is 1.83 bits per heavy atom. The molecule has 1 aromatic carbocycles. The van der Waals surface area contributed by atoms with Crippen molar-refractivity contribution < 1.29 is 9.47 Å². The molecule has 5 heteroatoms. The van der Waals surface area contributed by atoms with Crippen molar-refractivity contribution >= 4 is 15.9 Å². The molecule has 1 heterocycles. The number of aromatic nitrogens is 2. The van der Waals surface area contributed by atoms with Crippen LogP contribution < -0.4 is 9.47 Å². The maximum absolute atomic E-state index is 5.72. The number of aryl methyl sites for hydroxylation is 2. The molecule has 4 nitrogen and oxygen atoms in total. The lowest BCUT2D eigenvalue weighted by atomic mass is 10.3. The fraction of sp³-hybridized carbons (Fsp3) is 0.308. The van der Waals surface area contributed by atoms with Crippen LogP contribution in [0.25, 0.3) is 0 Å². The summed E-state index contributed by atoms with van der Waals surface area (Å²) in [7, 11) is 3.55. The summed E-state index contributed by atoms with van der Waals surface area (Å²) in [5, 5.41) is 4.32. The standard InChI is InChI=1S/C13H15BrN2O2/c1-9-13(14)12(16(2)15-9)8-18-11-6-4-10(17-3)5-7-11/h4-7H,8H2,1-3H3. The zero-order valence-corrected chi connectivity index (χ0v) is 12.2. The fourth-order valence-electron chi connectivity index (χ4n) is 1.66. The van der Waals surface area contributed by atoms with Crippen LogP contribution in [0.4, 0.5) is 0 Å². The van der Waals surface area contributed by atoms with Crippen LogP contribution in [0.2, 0.25) is 0 Å². The van der Waals surface area contributed by atoms with Gasteiger partial charge in [0.05, 0.1) is 23.0 Å². The third-order valence-corrected chi connectivity index (χ3v) is 3.73. The van der Waals surface area contributed by atoms with E-state index in [9.17, 15) is 0 Å². The van der Waals surface area contributed by atoms with Gasteiger partial charge in [0, 0.05) is 7.05 Å². The molecule has 2 aromatic rings. The summed E-state index contributed by atoms with van der Waals surface area (Å²) in [5.74, 6) is 1.63. The molecule has 0 unspecified atom stereocenters. The molecule has 0 amide bonds. The van der Waals surface area contributed by atoms with E-state index in [2.05, 4.69) is 21.0 Å². The van der Waals surface area contributed by atoms with E-state index >= 15 is 0 Å². The summed E-state index contributed by atoms with van der Waals surface area (Å²) in [6.45, 7) is 2.44. The van der Waals surface area contributed by atoms with Gasteiger partial charge in [-0.3, -0.25) is 4.68 Å². The average Bonchev–Trinajstić information content (AvgIpc) is 2.62. The van der Waals surface area contributed by atoms with Crippen LogP contribution >= 0.6 is 15.9 Å². The van der Waals surface area contributed by atoms with E-state index in [-0.39, 0.29) is 0 Å². The second kappa shape index (κ2) is 5.44. The van der Waals surface area contributed by atoms with Gasteiger partial charge in [0.2, 0.25) is 0 Å². The molecule has 0 saturated heterocycles. The van der Waals surface area contributed by atoms with E-state index in [1.165, 1.54) is 0 Å². The second-order valence-corrected chi connectivity index (χ2v) is 4.73. The number of hydrogen-bond donors (Lipinski definition) is 0. The Morgan fingerprint density at radius 3 is 2.33 bits per heavy atom. The number of methoxy groups -OCH3 is 1. The SMILES string of the molecule is COc1ccc(OCc2c(Br)c(C)nn2C)cc1. The Balaban J connectivity index is 2.06. The Morgan fingerprint density at radius 1 is 1.22 bits per heavy atom. The van der Waals surface area contributed by atoms with Crippen LogP contribution in [-0.4, -0.2) is 16.9 Å². The zero-order valence-electron chi connectivity index (χ0n) is 10.6. The fourth-order valence-corrected chi connectivity index (χ4v) is 2.11. The molecule has 18 heavy (non-hydrogen) atoms. The highest BCUT2D eigenvalue weighted by atomic mass is 79.9. The maximum atomic E-state index is 5.72. The molecule has 0 spiro atoms. The Kier molecular flexibility index (Phi) is 3.91. The summed E-state index contributed by atoms with van der Waals surface area (Å²) in [6, 6.07) is 7.52. The minimum Gasteiger partial charge on any atom is -0.497 e. The van der Waals surface area contributed by atoms with Gasteiger partial charge in [-0.2, -0.15) is 5.10 Å². The van der Waals surface area contributed by atoms with E-state index < -0.39 is 0 Å². The van der Waals surface area contributed by atoms with E-state index in [0.717, 1.165) is 27.4 Å². The molecule has 0 aliphatic carbocycles. The topological polar surface area (TPSA) is 36.3 Å². The van der Waals surface area contributed by atoms with Gasteiger partial charge in [-0.25, -0.2) is 0 Å². The molecule has 0 radical (unpaired) electrons. The van der Waals surface area contributed by atoms with Crippen LogP contribution in [0.5, 0.6) is 11.5 Å². The number of halogens is 1. The minimum atomic E-state index is 0.476. The van der Waals surface area contributed by atoms with Crippen molar-refractivity contribution in [3.05, 3.63) is 40.1 Å². The van der Waals surface area contributed by atoms with Gasteiger partial charge in [-0.15, -0.1) is 0 Å². The van der Waals surface area contributed by atoms with Gasteiger partial charge in [0.15, 0.2) is 0 Å². The number of hydrogen-bond acceptors (Lipinski definition) is 3. The Labute approximate surface area is 115 Å². The molecular weight excluding hydrogens is 296 g/mol. The first-order valence-corrected chi connectivity index (χ1v) is 6.36. The van der Waals surface area contributed by atoms with Crippen molar-refractivity contribution in [2.45, 2.75) is 13.5 Å². The van der Waals surface area contributed by atoms with Crippen LogP contribution in [-0.2, 0) is 13.7 Å². The maximum Gasteiger partial charge on any atom is 0.131 e. The summed E-state index contributed by atoms with van der Waals surface area (Å²) >= 11 is 3.51. The van der Waals surface area contributed by atoms with Crippen LogP contribution in [0, 0.1) is 6.92 Å². The third kappa shape index (κ3) is 2.67. The molecule has 0 bridgehead atoms. The highest BCUT2D eigenvalue weighted by Gasteiger charge is 2.10. The average molecular weight is 311 g/mol. The van der Waals surface area contributed by atoms with Crippen molar-refractivity contribution in [1.29, 1.82) is 0 Å². The van der Waals surface area contributed by atoms with Gasteiger partial charge in [-0.1, -0.05) is 0 Å². The lowest BCUT2D eigenvalue weighted by Gasteiger charge is -2.07. The van der Waals surface area contributed by atoms with Crippen LogP contribution in [0.3, 0.4) is 0 Å². The predicted octanol–water partition coefficient (Wildman–Crippen LogP) is 3.08. The van der Waals surface area contributed by atoms with Crippen LogP contribution in [0.15, 0.2) is 28.7 Å². The molecule has 0 fully saturated rings. The molecule has 96 valence electrons. The monoisotopic (exact) mass is 310 g/mol. The van der Waals surface area contributed by atoms with Gasteiger partial charge < -0.3 is 9.47 Å². The Bertz CT molecular complexity index is 535. The number of nitrogens with zero attached hydrogens (tertiary/aromatic N) is 2. The molecule has 0 N–H and O–H groups in total. The molecular formula is C13H15BrN2O2. The summed E-state index contributed by atoms with van der Waals surface area (Å²) in [4.78, 5) is 0. The lowest BCUT2D eigenvalue weighted by molar-refractivity contribution is 0.293. The zero-order chi connectivity index (χ0) is 13.1. The predicted molar refractivity (Wildman–Crippen MR) is 73.0 cm³/mol. The van der Waals surface area contributed by atoms with E-state index in [4.69, 9.17) is 9.47 Å². The number of ether oxygens (including phenoxy) is 2. The third-order valence-electron chi connectivity index (χ3n) is 2.70. The van der Waals surface area contributed by atoms with Crippen molar-refractivity contribution in [1.82, 2.24) is 9.78 Å². The minimum absolute atomic E-state index is 0.476. The van der Waals surface area contributed by atoms with E-state index in [1.807, 2.05) is 42.9 Å². The molecule has 0 aliphatic heterocycles. The number of benzene rings is 1. The van der Waals surface area contributed by atoms with Crippen molar-refractivity contribution in [3.8, 4) is 11.5 Å². The molecule has 0 saturated carbocycles. The van der Waals surface area contributed by atoms with Crippen molar-refractivity contribution in [2.24, 2.45) is 7.05 Å². The van der Waals surface area contributed by atoms with E-state index in [0.29, 0.717) is 6.61 Å². The normalized spacial score (nSPS) is 10.4. The lowest BCUT2D eigenvalue weighted by Crippen LogP contribution is -2.03. The van der Waals surface area contributed by atoms with Gasteiger partial charge in [-0.05, 0) is 47.1 Å². The van der Waals surface area contributed by atoms with Gasteiger partial charge in [0.1, 0.15) is 18.1 Å². The van der Waals surface area contributed by atoms with Gasteiger partial charge in [0.25, 0.3) is 0 Å².